The van der Waals surface area contributed by atoms with Crippen LogP contribution in [-0.4, -0.2) is 3.92 Å². The molecule has 2 rings (SSSR count). The third-order valence-corrected chi connectivity index (χ3v) is 3.85. The Morgan fingerprint density at radius 2 is 1.46 bits per heavy atom. The largest absolute Gasteiger partial charge is 0.0804 e. The van der Waals surface area contributed by atoms with Crippen molar-refractivity contribution in [2.45, 2.75) is 16.8 Å². The summed E-state index contributed by atoms with van der Waals surface area (Å²) in [6, 6.07) is 0. The van der Waals surface area contributed by atoms with Gasteiger partial charge in [0.25, 0.3) is 0 Å². The molecule has 2 heteroatoms. The van der Waals surface area contributed by atoms with E-state index < -0.39 is 0 Å². The van der Waals surface area contributed by atoms with E-state index in [1.807, 2.05) is 0 Å². The van der Waals surface area contributed by atoms with Gasteiger partial charge in [0.05, 0.1) is 3.92 Å². The van der Waals surface area contributed by atoms with Gasteiger partial charge in [0.15, 0.2) is 0 Å². The molecular formula is C11H11ITi. The van der Waals surface area contributed by atoms with E-state index in [0.29, 0.717) is 3.92 Å². The molecule has 0 unspecified atom stereocenters. The molecule has 0 saturated heterocycles. The molecule has 0 aromatic carbocycles. The molecule has 0 saturated carbocycles. The summed E-state index contributed by atoms with van der Waals surface area (Å²) in [5.74, 6) is 0. The Hall–Kier alpha value is 0.404. The average Bonchev–Trinajstić information content (AvgIpc) is 2.77. The molecule has 0 bridgehead atoms. The van der Waals surface area contributed by atoms with Crippen molar-refractivity contribution < 1.29 is 21.7 Å². The third-order valence-electron chi connectivity index (χ3n) is 2.25. The molecule has 0 fully saturated rings. The number of allylic oxidation sites excluding steroid dienone is 8. The molecule has 0 radical (unpaired) electrons. The van der Waals surface area contributed by atoms with Crippen LogP contribution >= 0.6 is 22.6 Å². The summed E-state index contributed by atoms with van der Waals surface area (Å²) in [6.45, 7) is 0. The molecule has 0 atom stereocenters. The van der Waals surface area contributed by atoms with Crippen molar-refractivity contribution in [3.63, 3.8) is 0 Å². The van der Waals surface area contributed by atoms with Gasteiger partial charge in [-0.15, -0.1) is 0 Å². The van der Waals surface area contributed by atoms with Crippen LogP contribution < -0.4 is 0 Å². The van der Waals surface area contributed by atoms with Crippen LogP contribution in [0.4, 0.5) is 0 Å². The van der Waals surface area contributed by atoms with E-state index in [1.54, 1.807) is 11.1 Å². The summed E-state index contributed by atoms with van der Waals surface area (Å²) in [5, 5.41) is 0. The molecule has 0 aromatic heterocycles. The van der Waals surface area contributed by atoms with Gasteiger partial charge >= 0.3 is 0 Å². The average molecular weight is 318 g/mol. The third kappa shape index (κ3) is 2.68. The minimum absolute atomic E-state index is 0. The Morgan fingerprint density at radius 1 is 1.00 bits per heavy atom. The quantitative estimate of drug-likeness (QED) is 0.415. The minimum Gasteiger partial charge on any atom is -0.0804 e. The zero-order valence-corrected chi connectivity index (χ0v) is 11.1. The van der Waals surface area contributed by atoms with Gasteiger partial charge in [-0.1, -0.05) is 59.0 Å². The van der Waals surface area contributed by atoms with Crippen LogP contribution in [0, 0.1) is 0 Å². The van der Waals surface area contributed by atoms with Gasteiger partial charge in [-0.2, -0.15) is 0 Å². The van der Waals surface area contributed by atoms with Crippen LogP contribution in [0.1, 0.15) is 12.8 Å². The molecule has 13 heavy (non-hydrogen) atoms. The van der Waals surface area contributed by atoms with Crippen molar-refractivity contribution in [3.8, 4) is 0 Å². The van der Waals surface area contributed by atoms with Gasteiger partial charge in [-0.05, 0) is 24.0 Å². The van der Waals surface area contributed by atoms with Crippen molar-refractivity contribution in [2.75, 3.05) is 0 Å². The monoisotopic (exact) mass is 318 g/mol. The summed E-state index contributed by atoms with van der Waals surface area (Å²) < 4.78 is 0.618. The topological polar surface area (TPSA) is 0 Å². The van der Waals surface area contributed by atoms with E-state index in [9.17, 15) is 0 Å². The summed E-state index contributed by atoms with van der Waals surface area (Å²) in [5.41, 5.74) is 3.09. The predicted molar refractivity (Wildman–Crippen MR) is 61.5 cm³/mol. The van der Waals surface area contributed by atoms with Crippen molar-refractivity contribution in [3.05, 3.63) is 47.6 Å². The first-order valence-corrected chi connectivity index (χ1v) is 5.48. The van der Waals surface area contributed by atoms with E-state index >= 15 is 0 Å². The number of alkyl halides is 1. The van der Waals surface area contributed by atoms with E-state index in [-0.39, 0.29) is 21.7 Å². The molecule has 0 amide bonds. The maximum absolute atomic E-state index is 2.53. The number of hydrogen-bond acceptors (Lipinski definition) is 0. The Balaban J connectivity index is 0.000000845. The Labute approximate surface area is 108 Å². The second-order valence-electron chi connectivity index (χ2n) is 3.11. The van der Waals surface area contributed by atoms with Gasteiger partial charge in [-0.25, -0.2) is 0 Å². The first-order valence-electron chi connectivity index (χ1n) is 4.23. The summed E-state index contributed by atoms with van der Waals surface area (Å²) >= 11 is 2.53. The molecule has 66 valence electrons. The van der Waals surface area contributed by atoms with Gasteiger partial charge in [0.1, 0.15) is 0 Å². The fourth-order valence-corrected chi connectivity index (χ4v) is 2.47. The predicted octanol–water partition coefficient (Wildman–Crippen LogP) is 3.56. The van der Waals surface area contributed by atoms with E-state index in [1.165, 1.54) is 0 Å². The second kappa shape index (κ2) is 5.33. The molecular weight excluding hydrogens is 307 g/mol. The first-order chi connectivity index (χ1) is 5.88. The van der Waals surface area contributed by atoms with Gasteiger partial charge in [0.2, 0.25) is 0 Å². The minimum atomic E-state index is 0. The van der Waals surface area contributed by atoms with E-state index in [2.05, 4.69) is 59.0 Å². The molecule has 0 aliphatic heterocycles. The van der Waals surface area contributed by atoms with Crippen molar-refractivity contribution in [1.82, 2.24) is 0 Å². The smallest absolute Gasteiger partial charge is 0.0540 e. The summed E-state index contributed by atoms with van der Waals surface area (Å²) in [4.78, 5) is 0. The molecule has 2 aliphatic rings. The van der Waals surface area contributed by atoms with Crippen LogP contribution in [0.15, 0.2) is 47.6 Å². The van der Waals surface area contributed by atoms with Crippen LogP contribution in [0.3, 0.4) is 0 Å². The number of rotatable bonds is 2. The second-order valence-corrected chi connectivity index (χ2v) is 4.36. The van der Waals surface area contributed by atoms with Crippen molar-refractivity contribution >= 4 is 22.6 Å². The fraction of sp³-hybridized carbons (Fsp3) is 0.273. The Bertz CT molecular complexity index is 267. The van der Waals surface area contributed by atoms with Crippen LogP contribution in [0.2, 0.25) is 0 Å². The summed E-state index contributed by atoms with van der Waals surface area (Å²) in [6.07, 6.45) is 15.5. The molecule has 0 aromatic rings. The van der Waals surface area contributed by atoms with Crippen LogP contribution in [0.5, 0.6) is 0 Å². The molecule has 0 nitrogen and oxygen atoms in total. The van der Waals surface area contributed by atoms with E-state index in [0.717, 1.165) is 12.8 Å². The zero-order valence-electron chi connectivity index (χ0n) is 7.33. The van der Waals surface area contributed by atoms with Gasteiger partial charge in [0, 0.05) is 21.7 Å². The van der Waals surface area contributed by atoms with Crippen LogP contribution in [-0.2, 0) is 21.7 Å². The Morgan fingerprint density at radius 3 is 1.77 bits per heavy atom. The fourth-order valence-electron chi connectivity index (χ4n) is 1.54. The molecule has 0 heterocycles. The molecule has 2 aliphatic carbocycles. The molecule has 0 spiro atoms. The normalized spacial score (nSPS) is 18.9. The van der Waals surface area contributed by atoms with Crippen molar-refractivity contribution in [2.24, 2.45) is 0 Å². The van der Waals surface area contributed by atoms with Crippen LogP contribution in [0.25, 0.3) is 0 Å². The standard InChI is InChI=1S/C11H11I.Ti/c12-11(9-5-1-2-6-9)10-7-3-4-8-10;/h1-5,7,11H,6,8H2;. The summed E-state index contributed by atoms with van der Waals surface area (Å²) in [7, 11) is 0. The number of hydrogen-bond donors (Lipinski definition) is 0. The first kappa shape index (κ1) is 11.5. The van der Waals surface area contributed by atoms with Gasteiger partial charge < -0.3 is 0 Å². The van der Waals surface area contributed by atoms with E-state index in [4.69, 9.17) is 0 Å². The van der Waals surface area contributed by atoms with Gasteiger partial charge in [-0.3, -0.25) is 0 Å². The maximum Gasteiger partial charge on any atom is 0.0540 e. The molecule has 0 N–H and O–H groups in total. The Kier molecular flexibility index (Phi) is 4.70. The van der Waals surface area contributed by atoms with Crippen molar-refractivity contribution in [1.29, 1.82) is 0 Å². The SMILES string of the molecule is IC(C1=CC=CC1)C1=CC=CC1.[Ti]. The maximum atomic E-state index is 2.53. The number of halogens is 1. The zero-order chi connectivity index (χ0) is 8.39.